The summed E-state index contributed by atoms with van der Waals surface area (Å²) in [6, 6.07) is -2.83. The number of piperidine rings is 1. The van der Waals surface area contributed by atoms with Crippen LogP contribution >= 0.6 is 0 Å². The van der Waals surface area contributed by atoms with Crippen LogP contribution in [-0.4, -0.2) is 82.9 Å². The molecule has 208 valence electrons. The van der Waals surface area contributed by atoms with Crippen LogP contribution in [0.25, 0.3) is 0 Å². The van der Waals surface area contributed by atoms with Crippen LogP contribution in [0.3, 0.4) is 0 Å². The van der Waals surface area contributed by atoms with Crippen LogP contribution in [0, 0.1) is 22.7 Å². The van der Waals surface area contributed by atoms with Gasteiger partial charge in [-0.25, -0.2) is 4.79 Å². The standard InChI is InChI=1S/C26H43N5O6/c1-24(2,3)19(29-23(36)37-25(4,5)6)22(35)31-12-14-17(26(14,7)8)18(31)21(34)28-15(20(27)33)13-30-11-9-10-16(30)32/h14-15,17-19H,9-13H2,1-8H3,(H2,27,33)(H,28,34)(H,29,36)/t14-,15?,17-,18-,19+/m0/s1. The van der Waals surface area contributed by atoms with E-state index in [0.29, 0.717) is 25.9 Å². The first-order valence-corrected chi connectivity index (χ1v) is 13.0. The molecule has 5 amide bonds. The third-order valence-corrected chi connectivity index (χ3v) is 7.77. The van der Waals surface area contributed by atoms with Gasteiger partial charge < -0.3 is 30.9 Å². The summed E-state index contributed by atoms with van der Waals surface area (Å²) in [6.45, 7) is 15.7. The molecule has 1 aliphatic carbocycles. The average molecular weight is 522 g/mol. The lowest BCUT2D eigenvalue weighted by Crippen LogP contribution is -2.61. The second kappa shape index (κ2) is 9.79. The van der Waals surface area contributed by atoms with Crippen molar-refractivity contribution in [2.45, 2.75) is 92.0 Å². The minimum absolute atomic E-state index is 0.00285. The van der Waals surface area contributed by atoms with Gasteiger partial charge in [-0.3, -0.25) is 19.2 Å². The number of nitrogens with one attached hydrogen (secondary N) is 2. The van der Waals surface area contributed by atoms with Crippen molar-refractivity contribution < 1.29 is 28.7 Å². The zero-order valence-corrected chi connectivity index (χ0v) is 23.3. The van der Waals surface area contributed by atoms with Crippen LogP contribution in [0.1, 0.15) is 68.2 Å². The predicted octanol–water partition coefficient (Wildman–Crippen LogP) is 1.00. The highest BCUT2D eigenvalue weighted by Gasteiger charge is 2.70. The maximum Gasteiger partial charge on any atom is 0.408 e. The molecule has 3 aliphatic rings. The quantitative estimate of drug-likeness (QED) is 0.455. The lowest BCUT2D eigenvalue weighted by molar-refractivity contribution is -0.144. The molecule has 1 saturated carbocycles. The van der Waals surface area contributed by atoms with E-state index in [-0.39, 0.29) is 35.6 Å². The summed E-state index contributed by atoms with van der Waals surface area (Å²) in [6.07, 6.45) is 0.386. The number of hydrogen-bond acceptors (Lipinski definition) is 6. The van der Waals surface area contributed by atoms with Crippen molar-refractivity contribution in [3.63, 3.8) is 0 Å². The van der Waals surface area contributed by atoms with E-state index < -0.39 is 47.0 Å². The molecule has 4 N–H and O–H groups in total. The number of nitrogens with zero attached hydrogens (tertiary/aromatic N) is 2. The molecule has 0 aromatic carbocycles. The van der Waals surface area contributed by atoms with E-state index >= 15 is 0 Å². The topological polar surface area (TPSA) is 151 Å². The van der Waals surface area contributed by atoms with Crippen LogP contribution in [-0.2, 0) is 23.9 Å². The third kappa shape index (κ3) is 6.18. The fraction of sp³-hybridized carbons (Fsp3) is 0.808. The van der Waals surface area contributed by atoms with Crippen LogP contribution in [0.5, 0.6) is 0 Å². The summed E-state index contributed by atoms with van der Waals surface area (Å²) < 4.78 is 5.38. The summed E-state index contributed by atoms with van der Waals surface area (Å²) in [5.41, 5.74) is 4.02. The summed E-state index contributed by atoms with van der Waals surface area (Å²) in [5, 5.41) is 5.43. The normalized spacial score (nSPS) is 26.3. The predicted molar refractivity (Wildman–Crippen MR) is 136 cm³/mol. The molecule has 0 radical (unpaired) electrons. The van der Waals surface area contributed by atoms with Crippen molar-refractivity contribution in [2.24, 2.45) is 28.4 Å². The van der Waals surface area contributed by atoms with Crippen LogP contribution in [0.2, 0.25) is 0 Å². The van der Waals surface area contributed by atoms with Gasteiger partial charge in [0.25, 0.3) is 0 Å². The molecule has 0 aromatic rings. The van der Waals surface area contributed by atoms with Gasteiger partial charge in [0.05, 0.1) is 0 Å². The monoisotopic (exact) mass is 521 g/mol. The molecule has 3 fully saturated rings. The molecule has 2 heterocycles. The molecule has 2 aliphatic heterocycles. The molecule has 37 heavy (non-hydrogen) atoms. The molecule has 0 aromatic heterocycles. The molecule has 11 nitrogen and oxygen atoms in total. The van der Waals surface area contributed by atoms with Crippen LogP contribution in [0.4, 0.5) is 4.79 Å². The van der Waals surface area contributed by atoms with Crippen molar-refractivity contribution >= 4 is 29.7 Å². The first-order chi connectivity index (χ1) is 16.8. The summed E-state index contributed by atoms with van der Waals surface area (Å²) in [4.78, 5) is 67.3. The molecule has 0 spiro atoms. The van der Waals surface area contributed by atoms with Gasteiger partial charge >= 0.3 is 6.09 Å². The maximum atomic E-state index is 13.9. The number of carbonyl (C=O) groups excluding carboxylic acids is 5. The van der Waals surface area contributed by atoms with Crippen molar-refractivity contribution in [1.29, 1.82) is 0 Å². The van der Waals surface area contributed by atoms with Crippen LogP contribution in [0.15, 0.2) is 0 Å². The second-order valence-corrected chi connectivity index (χ2v) is 13.2. The number of amides is 5. The smallest absolute Gasteiger partial charge is 0.408 e. The van der Waals surface area contributed by atoms with Crippen LogP contribution < -0.4 is 16.4 Å². The molecular formula is C26H43N5O6. The number of primary amides is 1. The lowest BCUT2D eigenvalue weighted by atomic mass is 9.85. The first-order valence-electron chi connectivity index (χ1n) is 13.0. The van der Waals surface area contributed by atoms with Gasteiger partial charge in [-0.1, -0.05) is 34.6 Å². The fourth-order valence-electron chi connectivity index (χ4n) is 5.63. The first kappa shape index (κ1) is 28.7. The Kier molecular flexibility index (Phi) is 7.60. The number of rotatable bonds is 7. The van der Waals surface area contributed by atoms with E-state index in [1.54, 1.807) is 20.8 Å². The fourth-order valence-corrected chi connectivity index (χ4v) is 5.63. The Bertz CT molecular complexity index is 965. The van der Waals surface area contributed by atoms with E-state index in [1.807, 2.05) is 20.8 Å². The van der Waals surface area contributed by atoms with E-state index in [0.717, 1.165) is 0 Å². The van der Waals surface area contributed by atoms with E-state index in [4.69, 9.17) is 10.5 Å². The van der Waals surface area contributed by atoms with Gasteiger partial charge in [-0.15, -0.1) is 0 Å². The maximum absolute atomic E-state index is 13.9. The van der Waals surface area contributed by atoms with Crippen molar-refractivity contribution in [3.8, 4) is 0 Å². The highest BCUT2D eigenvalue weighted by Crippen LogP contribution is 2.65. The van der Waals surface area contributed by atoms with Gasteiger partial charge in [-0.05, 0) is 49.9 Å². The number of fused-ring (bicyclic) bond motifs is 1. The zero-order chi connectivity index (χ0) is 28.1. The zero-order valence-electron chi connectivity index (χ0n) is 23.3. The summed E-state index contributed by atoms with van der Waals surface area (Å²) in [5.74, 6) is -1.67. The number of likely N-dealkylation sites (tertiary alicyclic amines) is 2. The van der Waals surface area contributed by atoms with Crippen molar-refractivity contribution in [2.75, 3.05) is 19.6 Å². The second-order valence-electron chi connectivity index (χ2n) is 13.2. The Hall–Kier alpha value is -2.85. The van der Waals surface area contributed by atoms with E-state index in [1.165, 1.54) is 9.80 Å². The molecule has 5 atom stereocenters. The minimum Gasteiger partial charge on any atom is -0.444 e. The Morgan fingerprint density at radius 2 is 1.73 bits per heavy atom. The average Bonchev–Trinajstić information content (AvgIpc) is 3.08. The highest BCUT2D eigenvalue weighted by molar-refractivity contribution is 5.95. The highest BCUT2D eigenvalue weighted by atomic mass is 16.6. The Balaban J connectivity index is 1.81. The Morgan fingerprint density at radius 1 is 1.11 bits per heavy atom. The van der Waals surface area contributed by atoms with Gasteiger partial charge in [0.2, 0.25) is 23.6 Å². The van der Waals surface area contributed by atoms with E-state index in [9.17, 15) is 24.0 Å². The van der Waals surface area contributed by atoms with Gasteiger partial charge in [0, 0.05) is 26.1 Å². The molecule has 2 saturated heterocycles. The Morgan fingerprint density at radius 3 is 2.22 bits per heavy atom. The van der Waals surface area contributed by atoms with E-state index in [2.05, 4.69) is 24.5 Å². The molecule has 3 rings (SSSR count). The molecule has 0 bridgehead atoms. The number of hydrogen-bond donors (Lipinski definition) is 3. The largest absolute Gasteiger partial charge is 0.444 e. The SMILES string of the molecule is CC(C)(C)OC(=O)N[C@H](C(=O)N1C[C@H]2[C@@H]([C@H]1C(=O)NC(CN1CCCC1=O)C(N)=O)C2(C)C)C(C)(C)C. The van der Waals surface area contributed by atoms with Crippen molar-refractivity contribution in [3.05, 3.63) is 0 Å². The van der Waals surface area contributed by atoms with Gasteiger partial charge in [0.1, 0.15) is 23.7 Å². The number of ether oxygens (including phenoxy) is 1. The summed E-state index contributed by atoms with van der Waals surface area (Å²) in [7, 11) is 0. The minimum atomic E-state index is -1.06. The lowest BCUT2D eigenvalue weighted by Gasteiger charge is -2.38. The van der Waals surface area contributed by atoms with Crippen molar-refractivity contribution in [1.82, 2.24) is 20.4 Å². The van der Waals surface area contributed by atoms with Gasteiger partial charge in [0.15, 0.2) is 0 Å². The Labute approximate surface area is 219 Å². The summed E-state index contributed by atoms with van der Waals surface area (Å²) >= 11 is 0. The number of carbonyl (C=O) groups is 5. The number of alkyl carbamates (subject to hydrolysis) is 1. The molecule has 11 heteroatoms. The molecular weight excluding hydrogens is 478 g/mol. The molecule has 1 unspecified atom stereocenters. The third-order valence-electron chi connectivity index (χ3n) is 7.77. The number of nitrogens with two attached hydrogens (primary N) is 1. The van der Waals surface area contributed by atoms with Gasteiger partial charge in [-0.2, -0.15) is 0 Å².